The van der Waals surface area contributed by atoms with Crippen LogP contribution in [-0.4, -0.2) is 43.3 Å². The Morgan fingerprint density at radius 1 is 1.06 bits per heavy atom. The van der Waals surface area contributed by atoms with Crippen molar-refractivity contribution in [3.63, 3.8) is 0 Å². The standard InChI is InChI=1S/C13H24N2O2/c16-13(17-12-7-6-8-14-11-12)15-9-4-2-1-3-5-10-15/h12,14H,1-11H2. The molecule has 1 amide bonds. The van der Waals surface area contributed by atoms with Crippen LogP contribution in [0.4, 0.5) is 4.79 Å². The Morgan fingerprint density at radius 3 is 2.41 bits per heavy atom. The minimum atomic E-state index is -0.0967. The van der Waals surface area contributed by atoms with Crippen LogP contribution in [0.3, 0.4) is 0 Å². The maximum absolute atomic E-state index is 12.0. The summed E-state index contributed by atoms with van der Waals surface area (Å²) in [6.07, 6.45) is 8.15. The van der Waals surface area contributed by atoms with Crippen molar-refractivity contribution < 1.29 is 9.53 Å². The van der Waals surface area contributed by atoms with E-state index < -0.39 is 0 Å². The second-order valence-corrected chi connectivity index (χ2v) is 5.11. The summed E-state index contributed by atoms with van der Waals surface area (Å²) in [5, 5.41) is 3.27. The van der Waals surface area contributed by atoms with Gasteiger partial charge in [0.15, 0.2) is 0 Å². The normalized spacial score (nSPS) is 27.1. The predicted molar refractivity (Wildman–Crippen MR) is 67.0 cm³/mol. The van der Waals surface area contributed by atoms with Crippen LogP contribution >= 0.6 is 0 Å². The third-order valence-corrected chi connectivity index (χ3v) is 3.63. The van der Waals surface area contributed by atoms with Crippen LogP contribution in [0.1, 0.15) is 44.9 Å². The molecule has 1 N–H and O–H groups in total. The van der Waals surface area contributed by atoms with Crippen LogP contribution in [0.15, 0.2) is 0 Å². The molecular weight excluding hydrogens is 216 g/mol. The molecule has 1 atom stereocenters. The lowest BCUT2D eigenvalue weighted by atomic mass is 10.1. The predicted octanol–water partition coefficient (Wildman–Crippen LogP) is 2.14. The Labute approximate surface area is 104 Å². The van der Waals surface area contributed by atoms with E-state index in [0.29, 0.717) is 0 Å². The molecule has 4 heteroatoms. The number of nitrogens with zero attached hydrogens (tertiary/aromatic N) is 1. The highest BCUT2D eigenvalue weighted by Crippen LogP contribution is 2.13. The van der Waals surface area contributed by atoms with E-state index in [2.05, 4.69) is 5.32 Å². The third-order valence-electron chi connectivity index (χ3n) is 3.63. The summed E-state index contributed by atoms with van der Waals surface area (Å²) >= 11 is 0. The topological polar surface area (TPSA) is 41.6 Å². The molecular formula is C13H24N2O2. The number of amides is 1. The molecule has 0 bridgehead atoms. The smallest absolute Gasteiger partial charge is 0.410 e. The van der Waals surface area contributed by atoms with Crippen molar-refractivity contribution in [3.05, 3.63) is 0 Å². The average molecular weight is 240 g/mol. The third kappa shape index (κ3) is 4.19. The van der Waals surface area contributed by atoms with Crippen molar-refractivity contribution in [1.82, 2.24) is 10.2 Å². The van der Waals surface area contributed by atoms with Gasteiger partial charge < -0.3 is 15.0 Å². The monoisotopic (exact) mass is 240 g/mol. The van der Waals surface area contributed by atoms with E-state index in [0.717, 1.165) is 51.9 Å². The van der Waals surface area contributed by atoms with Crippen molar-refractivity contribution >= 4 is 6.09 Å². The van der Waals surface area contributed by atoms with Crippen molar-refractivity contribution in [2.45, 2.75) is 51.0 Å². The first-order valence-corrected chi connectivity index (χ1v) is 7.02. The molecule has 0 spiro atoms. The van der Waals surface area contributed by atoms with E-state index in [-0.39, 0.29) is 12.2 Å². The molecule has 0 radical (unpaired) electrons. The van der Waals surface area contributed by atoms with E-state index >= 15 is 0 Å². The van der Waals surface area contributed by atoms with Crippen molar-refractivity contribution in [3.8, 4) is 0 Å². The first-order chi connectivity index (χ1) is 8.36. The molecule has 0 aromatic rings. The zero-order chi connectivity index (χ0) is 11.9. The fourth-order valence-electron chi connectivity index (χ4n) is 2.57. The molecule has 1 unspecified atom stereocenters. The summed E-state index contributed by atoms with van der Waals surface area (Å²) in [5.41, 5.74) is 0. The fourth-order valence-corrected chi connectivity index (χ4v) is 2.57. The number of hydrogen-bond donors (Lipinski definition) is 1. The molecule has 0 saturated carbocycles. The molecule has 2 aliphatic rings. The molecule has 2 rings (SSSR count). The lowest BCUT2D eigenvalue weighted by molar-refractivity contribution is 0.0498. The largest absolute Gasteiger partial charge is 0.445 e. The Balaban J connectivity index is 1.76. The number of hydrogen-bond acceptors (Lipinski definition) is 3. The van der Waals surface area contributed by atoms with E-state index in [1.807, 2.05) is 4.90 Å². The molecule has 0 aromatic carbocycles. The Hall–Kier alpha value is -0.770. The quantitative estimate of drug-likeness (QED) is 0.763. The first kappa shape index (κ1) is 12.7. The van der Waals surface area contributed by atoms with Gasteiger partial charge in [0, 0.05) is 19.6 Å². The number of nitrogens with one attached hydrogen (secondary N) is 1. The SMILES string of the molecule is O=C(OC1CCCNC1)N1CCCCCCC1. The number of rotatable bonds is 1. The Bertz CT molecular complexity index is 232. The fraction of sp³-hybridized carbons (Fsp3) is 0.923. The first-order valence-electron chi connectivity index (χ1n) is 7.02. The lowest BCUT2D eigenvalue weighted by Gasteiger charge is -2.28. The molecule has 98 valence electrons. The molecule has 2 fully saturated rings. The molecule has 17 heavy (non-hydrogen) atoms. The molecule has 2 saturated heterocycles. The summed E-state index contributed by atoms with van der Waals surface area (Å²) < 4.78 is 5.55. The zero-order valence-electron chi connectivity index (χ0n) is 10.6. The maximum atomic E-state index is 12.0. The average Bonchev–Trinajstić information content (AvgIpc) is 2.29. The van der Waals surface area contributed by atoms with Gasteiger partial charge in [0.1, 0.15) is 6.10 Å². The number of ether oxygens (including phenoxy) is 1. The van der Waals surface area contributed by atoms with Crippen LogP contribution in [0.25, 0.3) is 0 Å². The number of piperidine rings is 1. The highest BCUT2D eigenvalue weighted by Gasteiger charge is 2.21. The summed E-state index contributed by atoms with van der Waals surface area (Å²) in [6, 6.07) is 0. The molecule has 0 aliphatic carbocycles. The minimum Gasteiger partial charge on any atom is -0.445 e. The van der Waals surface area contributed by atoms with Crippen LogP contribution in [0.5, 0.6) is 0 Å². The van der Waals surface area contributed by atoms with Crippen LogP contribution in [0.2, 0.25) is 0 Å². The van der Waals surface area contributed by atoms with E-state index in [9.17, 15) is 4.79 Å². The maximum Gasteiger partial charge on any atom is 0.410 e. The summed E-state index contributed by atoms with van der Waals surface area (Å²) in [4.78, 5) is 13.9. The highest BCUT2D eigenvalue weighted by atomic mass is 16.6. The van der Waals surface area contributed by atoms with Crippen LogP contribution in [-0.2, 0) is 4.74 Å². The second kappa shape index (κ2) is 6.84. The van der Waals surface area contributed by atoms with Gasteiger partial charge in [-0.15, -0.1) is 0 Å². The minimum absolute atomic E-state index is 0.0849. The summed E-state index contributed by atoms with van der Waals surface area (Å²) in [5.74, 6) is 0. The van der Waals surface area contributed by atoms with E-state index in [1.54, 1.807) is 0 Å². The van der Waals surface area contributed by atoms with Crippen molar-refractivity contribution in [1.29, 1.82) is 0 Å². The molecule has 2 aliphatic heterocycles. The molecule has 2 heterocycles. The van der Waals surface area contributed by atoms with Crippen molar-refractivity contribution in [2.75, 3.05) is 26.2 Å². The number of likely N-dealkylation sites (tertiary alicyclic amines) is 1. The van der Waals surface area contributed by atoms with E-state index in [1.165, 1.54) is 19.3 Å². The summed E-state index contributed by atoms with van der Waals surface area (Å²) in [6.45, 7) is 3.62. The summed E-state index contributed by atoms with van der Waals surface area (Å²) in [7, 11) is 0. The van der Waals surface area contributed by atoms with Gasteiger partial charge in [-0.2, -0.15) is 0 Å². The van der Waals surface area contributed by atoms with Crippen LogP contribution in [0, 0.1) is 0 Å². The molecule has 4 nitrogen and oxygen atoms in total. The number of carbonyl (C=O) groups is 1. The Kier molecular flexibility index (Phi) is 5.10. The second-order valence-electron chi connectivity index (χ2n) is 5.11. The molecule has 0 aromatic heterocycles. The van der Waals surface area contributed by atoms with Gasteiger partial charge in [0.25, 0.3) is 0 Å². The van der Waals surface area contributed by atoms with E-state index in [4.69, 9.17) is 4.74 Å². The van der Waals surface area contributed by atoms with Gasteiger partial charge in [0.05, 0.1) is 0 Å². The number of carbonyl (C=O) groups excluding carboxylic acids is 1. The van der Waals surface area contributed by atoms with Gasteiger partial charge in [0.2, 0.25) is 0 Å². The van der Waals surface area contributed by atoms with Gasteiger partial charge in [-0.25, -0.2) is 4.79 Å². The van der Waals surface area contributed by atoms with Gasteiger partial charge in [-0.1, -0.05) is 19.3 Å². The van der Waals surface area contributed by atoms with Gasteiger partial charge in [-0.3, -0.25) is 0 Å². The zero-order valence-corrected chi connectivity index (χ0v) is 10.6. The van der Waals surface area contributed by atoms with Crippen LogP contribution < -0.4 is 5.32 Å². The van der Waals surface area contributed by atoms with Gasteiger partial charge in [-0.05, 0) is 32.2 Å². The Morgan fingerprint density at radius 2 is 1.76 bits per heavy atom. The highest BCUT2D eigenvalue weighted by molar-refractivity contribution is 5.67. The lowest BCUT2D eigenvalue weighted by Crippen LogP contribution is -2.41. The van der Waals surface area contributed by atoms with Crippen molar-refractivity contribution in [2.24, 2.45) is 0 Å². The van der Waals surface area contributed by atoms with Gasteiger partial charge >= 0.3 is 6.09 Å².